The average Bonchev–Trinajstić information content (AvgIpc) is 2.03. The van der Waals surface area contributed by atoms with E-state index in [1.54, 1.807) is 12.1 Å². The first-order chi connectivity index (χ1) is 6.09. The van der Waals surface area contributed by atoms with Crippen molar-refractivity contribution in [1.29, 1.82) is 0 Å². The van der Waals surface area contributed by atoms with E-state index in [9.17, 15) is 10.1 Å². The van der Waals surface area contributed by atoms with Crippen LogP contribution in [0.3, 0.4) is 0 Å². The molecule has 1 rings (SSSR count). The van der Waals surface area contributed by atoms with E-state index in [1.807, 2.05) is 6.07 Å². The first kappa shape index (κ1) is 9.71. The lowest BCUT2D eigenvalue weighted by Crippen LogP contribution is -1.95. The molecule has 0 spiro atoms. The molecular formula is C10H13NO2+. The fourth-order valence-electron chi connectivity index (χ4n) is 1.20. The molecule has 0 heterocycles. The fourth-order valence-corrected chi connectivity index (χ4v) is 1.20. The van der Waals surface area contributed by atoms with E-state index in [1.165, 1.54) is 0 Å². The van der Waals surface area contributed by atoms with Gasteiger partial charge in [-0.3, -0.25) is 10.1 Å². The highest BCUT2D eigenvalue weighted by molar-refractivity contribution is 5.33. The molecule has 0 aliphatic heterocycles. The molecule has 0 bridgehead atoms. The Morgan fingerprint density at radius 1 is 1.69 bits per heavy atom. The standard InChI is InChI=1S/C10H12NO2/c1-8(2)6-9-4-3-5-10(7-9)11(12)13/h3-4,7-8H,6H2,1-2H3/p+1. The van der Waals surface area contributed by atoms with E-state index in [2.05, 4.69) is 19.9 Å². The number of hydrogen-bond acceptors (Lipinski definition) is 2. The summed E-state index contributed by atoms with van der Waals surface area (Å²) in [5.41, 5.74) is 1.05. The maximum absolute atomic E-state index is 10.4. The highest BCUT2D eigenvalue weighted by Gasteiger charge is 2.06. The molecule has 0 N–H and O–H groups in total. The molecule has 0 fully saturated rings. The van der Waals surface area contributed by atoms with E-state index >= 15 is 0 Å². The van der Waals surface area contributed by atoms with E-state index in [0.29, 0.717) is 5.92 Å². The lowest BCUT2D eigenvalue weighted by molar-refractivity contribution is -0.385. The monoisotopic (exact) mass is 179 g/mol. The normalized spacial score (nSPS) is 10.4. The maximum atomic E-state index is 10.4. The van der Waals surface area contributed by atoms with Gasteiger partial charge in [0.2, 0.25) is 0 Å². The summed E-state index contributed by atoms with van der Waals surface area (Å²) >= 11 is 0. The Kier molecular flexibility index (Phi) is 3.01. The summed E-state index contributed by atoms with van der Waals surface area (Å²) in [5, 5.41) is 10.4. The molecule has 3 heteroatoms. The fraction of sp³-hybridized carbons (Fsp3) is 0.400. The Morgan fingerprint density at radius 3 is 2.92 bits per heavy atom. The van der Waals surface area contributed by atoms with Gasteiger partial charge < -0.3 is 0 Å². The van der Waals surface area contributed by atoms with Crippen molar-refractivity contribution in [3.05, 3.63) is 39.9 Å². The predicted octanol–water partition coefficient (Wildman–Crippen LogP) is 2.71. The van der Waals surface area contributed by atoms with Gasteiger partial charge in [-0.15, -0.1) is 0 Å². The first-order valence-corrected chi connectivity index (χ1v) is 4.24. The number of nitro benzene ring substituents is 1. The van der Waals surface area contributed by atoms with Gasteiger partial charge in [0.25, 0.3) is 5.69 Å². The number of hydrogen-bond donors (Lipinski definition) is 0. The number of nitrogens with zero attached hydrogens (tertiary/aromatic N) is 1. The van der Waals surface area contributed by atoms with Crippen LogP contribution in [0.1, 0.15) is 20.8 Å². The zero-order valence-electron chi connectivity index (χ0n) is 8.78. The van der Waals surface area contributed by atoms with Crippen molar-refractivity contribution >= 4 is 5.69 Å². The third-order valence-corrected chi connectivity index (χ3v) is 1.69. The van der Waals surface area contributed by atoms with Crippen LogP contribution in [0, 0.1) is 22.1 Å². The molecule has 3 nitrogen and oxygen atoms in total. The number of rotatable bonds is 3. The maximum Gasteiger partial charge on any atom is 1.00 e. The molecule has 1 aromatic carbocycles. The molecule has 0 aliphatic rings. The Hall–Kier alpha value is -1.38. The largest absolute Gasteiger partial charge is 1.00 e. The molecule has 0 saturated carbocycles. The van der Waals surface area contributed by atoms with Crippen LogP contribution in [0.25, 0.3) is 0 Å². The molecule has 0 aromatic heterocycles. The Bertz CT molecular complexity index is 313. The van der Waals surface area contributed by atoms with Crippen LogP contribution in [0.15, 0.2) is 18.2 Å². The smallest absolute Gasteiger partial charge is 0.258 e. The van der Waals surface area contributed by atoms with Crippen LogP contribution in [-0.2, 0) is 6.42 Å². The molecular weight excluding hydrogens is 166 g/mol. The van der Waals surface area contributed by atoms with Gasteiger partial charge in [-0.1, -0.05) is 19.9 Å². The lowest BCUT2D eigenvalue weighted by Gasteiger charge is -2.03. The zero-order valence-corrected chi connectivity index (χ0v) is 7.78. The summed E-state index contributed by atoms with van der Waals surface area (Å²) in [7, 11) is 0. The van der Waals surface area contributed by atoms with Crippen molar-refractivity contribution in [2.75, 3.05) is 0 Å². The average molecular weight is 179 g/mol. The molecule has 69 valence electrons. The Balaban J connectivity index is 0.00000169. The molecule has 0 aliphatic carbocycles. The molecule has 1 radical (unpaired) electrons. The van der Waals surface area contributed by atoms with Gasteiger partial charge in [0.15, 0.2) is 0 Å². The van der Waals surface area contributed by atoms with Gasteiger partial charge in [-0.2, -0.15) is 0 Å². The van der Waals surface area contributed by atoms with Gasteiger partial charge in [-0.05, 0) is 24.0 Å². The van der Waals surface area contributed by atoms with Crippen LogP contribution < -0.4 is 0 Å². The van der Waals surface area contributed by atoms with Crippen molar-refractivity contribution in [3.63, 3.8) is 0 Å². The highest BCUT2D eigenvalue weighted by atomic mass is 16.6. The predicted molar refractivity (Wildman–Crippen MR) is 51.6 cm³/mol. The zero-order chi connectivity index (χ0) is 9.84. The van der Waals surface area contributed by atoms with Crippen molar-refractivity contribution < 1.29 is 6.35 Å². The lowest BCUT2D eigenvalue weighted by atomic mass is 10.0. The third kappa shape index (κ3) is 2.86. The second-order valence-corrected chi connectivity index (χ2v) is 3.44. The summed E-state index contributed by atoms with van der Waals surface area (Å²) in [5.74, 6) is 0.516. The number of nitro groups is 1. The van der Waals surface area contributed by atoms with Gasteiger partial charge in [0, 0.05) is 6.07 Å². The van der Waals surface area contributed by atoms with Crippen LogP contribution in [0.2, 0.25) is 0 Å². The van der Waals surface area contributed by atoms with Crippen LogP contribution in [-0.4, -0.2) is 4.92 Å². The summed E-state index contributed by atoms with van der Waals surface area (Å²) in [6.07, 6.45) is 0.871. The quantitative estimate of drug-likeness (QED) is 0.529. The van der Waals surface area contributed by atoms with Crippen molar-refractivity contribution in [2.24, 2.45) is 5.92 Å². The molecule has 0 unspecified atom stereocenters. The van der Waals surface area contributed by atoms with Crippen LogP contribution in [0.5, 0.6) is 0 Å². The van der Waals surface area contributed by atoms with E-state index in [0.717, 1.165) is 12.0 Å². The summed E-state index contributed by atoms with van der Waals surface area (Å²) in [6, 6.07) is 7.64. The van der Waals surface area contributed by atoms with Gasteiger partial charge in [-0.25, -0.2) is 0 Å². The first-order valence-electron chi connectivity index (χ1n) is 4.24. The molecule has 13 heavy (non-hydrogen) atoms. The summed E-state index contributed by atoms with van der Waals surface area (Å²) in [6.45, 7) is 4.17. The van der Waals surface area contributed by atoms with Crippen LogP contribution in [0.4, 0.5) is 5.69 Å². The van der Waals surface area contributed by atoms with Gasteiger partial charge in [0.05, 0.1) is 11.0 Å². The topological polar surface area (TPSA) is 43.1 Å². The van der Waals surface area contributed by atoms with Crippen molar-refractivity contribution in [3.8, 4) is 0 Å². The minimum absolute atomic E-state index is 0. The summed E-state index contributed by atoms with van der Waals surface area (Å²) < 4.78 is 0. The Morgan fingerprint density at radius 2 is 2.38 bits per heavy atom. The van der Waals surface area contributed by atoms with E-state index in [-0.39, 0.29) is 7.11 Å². The van der Waals surface area contributed by atoms with Gasteiger partial charge >= 0.3 is 1.43 Å². The minimum atomic E-state index is -0.413. The number of benzene rings is 1. The van der Waals surface area contributed by atoms with E-state index in [4.69, 9.17) is 0 Å². The van der Waals surface area contributed by atoms with Gasteiger partial charge in [0.1, 0.15) is 0 Å². The van der Waals surface area contributed by atoms with Crippen LogP contribution >= 0.6 is 0 Å². The molecule has 0 amide bonds. The van der Waals surface area contributed by atoms with Crippen molar-refractivity contribution in [1.82, 2.24) is 0 Å². The molecule has 0 atom stereocenters. The Labute approximate surface area is 79.0 Å². The van der Waals surface area contributed by atoms with Crippen molar-refractivity contribution in [2.45, 2.75) is 20.3 Å². The molecule has 1 aromatic rings. The molecule has 0 saturated heterocycles. The second-order valence-electron chi connectivity index (χ2n) is 3.44. The SMILES string of the molecule is CC(C)Cc1cc[c]c([N+](=O)[O-])c1.[H+]. The number of non-ortho nitro benzene ring substituents is 1. The minimum Gasteiger partial charge on any atom is -0.258 e. The summed E-state index contributed by atoms with van der Waals surface area (Å²) in [4.78, 5) is 10.0. The highest BCUT2D eigenvalue weighted by Crippen LogP contribution is 2.15. The second kappa shape index (κ2) is 4.03. The third-order valence-electron chi connectivity index (χ3n) is 1.69. The van der Waals surface area contributed by atoms with E-state index < -0.39 is 4.92 Å².